The van der Waals surface area contributed by atoms with Crippen molar-refractivity contribution in [2.24, 2.45) is 7.05 Å². The molecule has 1 aromatic heterocycles. The number of benzene rings is 1. The molecule has 0 bridgehead atoms. The van der Waals surface area contributed by atoms with Crippen LogP contribution < -0.4 is 5.32 Å². The Morgan fingerprint density at radius 3 is 2.48 bits per heavy atom. The van der Waals surface area contributed by atoms with Gasteiger partial charge in [-0.3, -0.25) is 4.79 Å². The van der Waals surface area contributed by atoms with Crippen LogP contribution in [0.2, 0.25) is 0 Å². The predicted octanol–water partition coefficient (Wildman–Crippen LogP) is 2.85. The van der Waals surface area contributed by atoms with Crippen LogP contribution in [0.25, 0.3) is 0 Å². The lowest BCUT2D eigenvalue weighted by Crippen LogP contribution is -2.14. The summed E-state index contributed by atoms with van der Waals surface area (Å²) in [7, 11) is 1.89. The molecule has 7 nitrogen and oxygen atoms in total. The van der Waals surface area contributed by atoms with Gasteiger partial charge in [-0.15, -0.1) is 10.2 Å². The van der Waals surface area contributed by atoms with Crippen LogP contribution in [0.4, 0.5) is 5.69 Å². The molecule has 0 aliphatic heterocycles. The smallest absolute Gasteiger partial charge is 0.338 e. The summed E-state index contributed by atoms with van der Waals surface area (Å²) in [5.41, 5.74) is 1.08. The number of nitrogens with zero attached hydrogens (tertiary/aromatic N) is 3. The zero-order valence-electron chi connectivity index (χ0n) is 14.8. The summed E-state index contributed by atoms with van der Waals surface area (Å²) in [6.07, 6.45) is 0. The van der Waals surface area contributed by atoms with Gasteiger partial charge < -0.3 is 14.6 Å². The molecule has 134 valence electrons. The van der Waals surface area contributed by atoms with Gasteiger partial charge in [0, 0.05) is 18.7 Å². The van der Waals surface area contributed by atoms with Crippen LogP contribution in [0, 0.1) is 0 Å². The summed E-state index contributed by atoms with van der Waals surface area (Å²) < 4.78 is 6.82. The Morgan fingerprint density at radius 2 is 1.92 bits per heavy atom. The third-order valence-corrected chi connectivity index (χ3v) is 4.42. The van der Waals surface area contributed by atoms with Gasteiger partial charge in [0.05, 0.1) is 17.9 Å². The van der Waals surface area contributed by atoms with Crippen molar-refractivity contribution in [2.75, 3.05) is 17.7 Å². The molecule has 1 amide bonds. The van der Waals surface area contributed by atoms with E-state index in [9.17, 15) is 9.59 Å². The second-order valence-electron chi connectivity index (χ2n) is 5.69. The van der Waals surface area contributed by atoms with Gasteiger partial charge in [-0.2, -0.15) is 0 Å². The topological polar surface area (TPSA) is 86.1 Å². The average molecular weight is 362 g/mol. The fraction of sp³-hybridized carbons (Fsp3) is 0.412. The maximum Gasteiger partial charge on any atom is 0.338 e. The van der Waals surface area contributed by atoms with E-state index in [1.165, 1.54) is 11.8 Å². The minimum atomic E-state index is -0.376. The Kier molecular flexibility index (Phi) is 6.58. The highest BCUT2D eigenvalue weighted by atomic mass is 32.2. The first-order valence-electron chi connectivity index (χ1n) is 8.01. The molecule has 0 saturated heterocycles. The summed E-state index contributed by atoms with van der Waals surface area (Å²) in [6, 6.07) is 6.60. The molecule has 0 saturated carbocycles. The van der Waals surface area contributed by atoms with Gasteiger partial charge in [0.15, 0.2) is 5.16 Å². The van der Waals surface area contributed by atoms with Gasteiger partial charge in [-0.25, -0.2) is 4.79 Å². The van der Waals surface area contributed by atoms with Crippen LogP contribution in [0.1, 0.15) is 42.9 Å². The zero-order valence-corrected chi connectivity index (χ0v) is 15.6. The second-order valence-corrected chi connectivity index (χ2v) is 6.63. The third kappa shape index (κ3) is 5.06. The quantitative estimate of drug-likeness (QED) is 0.602. The number of carbonyl (C=O) groups excluding carboxylic acids is 2. The molecule has 0 unspecified atom stereocenters. The van der Waals surface area contributed by atoms with Gasteiger partial charge in [-0.05, 0) is 31.2 Å². The van der Waals surface area contributed by atoms with E-state index >= 15 is 0 Å². The Labute approximate surface area is 151 Å². The minimum Gasteiger partial charge on any atom is -0.462 e. The van der Waals surface area contributed by atoms with Gasteiger partial charge in [0.2, 0.25) is 5.91 Å². The number of nitrogens with one attached hydrogen (secondary N) is 1. The number of amides is 1. The summed E-state index contributed by atoms with van der Waals surface area (Å²) in [4.78, 5) is 23.7. The van der Waals surface area contributed by atoms with E-state index in [4.69, 9.17) is 4.74 Å². The summed E-state index contributed by atoms with van der Waals surface area (Å²) in [6.45, 7) is 6.18. The lowest BCUT2D eigenvalue weighted by atomic mass is 10.2. The summed E-state index contributed by atoms with van der Waals surface area (Å²) in [5.74, 6) is 0.863. The first-order valence-corrected chi connectivity index (χ1v) is 9.00. The largest absolute Gasteiger partial charge is 0.462 e. The molecule has 0 fully saturated rings. The average Bonchev–Trinajstić information content (AvgIpc) is 2.95. The van der Waals surface area contributed by atoms with Gasteiger partial charge in [0.1, 0.15) is 5.82 Å². The van der Waals surface area contributed by atoms with E-state index in [0.29, 0.717) is 23.0 Å². The number of esters is 1. The Morgan fingerprint density at radius 1 is 1.24 bits per heavy atom. The van der Waals surface area contributed by atoms with Gasteiger partial charge in [0.25, 0.3) is 0 Å². The lowest BCUT2D eigenvalue weighted by molar-refractivity contribution is -0.113. The molecular formula is C17H22N4O3S. The SMILES string of the molecule is CCOC(=O)c1ccc(NC(=O)CSc2nnc(C(C)C)n2C)cc1. The lowest BCUT2D eigenvalue weighted by Gasteiger charge is -2.07. The number of hydrogen-bond donors (Lipinski definition) is 1. The standard InChI is InChI=1S/C17H22N4O3S/c1-5-24-16(23)12-6-8-13(9-7-12)18-14(22)10-25-17-20-19-15(11(2)3)21(17)4/h6-9,11H,5,10H2,1-4H3,(H,18,22). The molecule has 0 aliphatic carbocycles. The van der Waals surface area contributed by atoms with E-state index in [1.807, 2.05) is 25.5 Å². The molecule has 25 heavy (non-hydrogen) atoms. The second kappa shape index (κ2) is 8.66. The van der Waals surface area contributed by atoms with Gasteiger partial charge in [-0.1, -0.05) is 25.6 Å². The number of hydrogen-bond acceptors (Lipinski definition) is 6. The minimum absolute atomic E-state index is 0.150. The van der Waals surface area contributed by atoms with Crippen LogP contribution in [0.3, 0.4) is 0 Å². The van der Waals surface area contributed by atoms with Crippen molar-refractivity contribution in [3.05, 3.63) is 35.7 Å². The molecule has 0 spiro atoms. The van der Waals surface area contributed by atoms with Crippen molar-refractivity contribution in [1.82, 2.24) is 14.8 Å². The molecule has 1 N–H and O–H groups in total. The van der Waals surface area contributed by atoms with E-state index in [2.05, 4.69) is 15.5 Å². The van der Waals surface area contributed by atoms with Gasteiger partial charge >= 0.3 is 5.97 Å². The van der Waals surface area contributed by atoms with E-state index in [-0.39, 0.29) is 23.5 Å². The molecular weight excluding hydrogens is 340 g/mol. The van der Waals surface area contributed by atoms with Crippen molar-refractivity contribution >= 4 is 29.3 Å². The van der Waals surface area contributed by atoms with Crippen LogP contribution in [0.15, 0.2) is 29.4 Å². The molecule has 0 atom stereocenters. The number of ether oxygens (including phenoxy) is 1. The maximum atomic E-state index is 12.1. The van der Waals surface area contributed by atoms with E-state index < -0.39 is 0 Å². The number of aromatic nitrogens is 3. The van der Waals surface area contributed by atoms with Crippen molar-refractivity contribution in [2.45, 2.75) is 31.8 Å². The van der Waals surface area contributed by atoms with Crippen LogP contribution in [0.5, 0.6) is 0 Å². The van der Waals surface area contributed by atoms with E-state index in [0.717, 1.165) is 5.82 Å². The fourth-order valence-corrected chi connectivity index (χ4v) is 2.90. The Hall–Kier alpha value is -2.35. The van der Waals surface area contributed by atoms with Crippen LogP contribution >= 0.6 is 11.8 Å². The molecule has 2 aromatic rings. The first-order chi connectivity index (χ1) is 11.9. The maximum absolute atomic E-state index is 12.1. The number of anilines is 1. The molecule has 2 rings (SSSR count). The molecule has 1 heterocycles. The molecule has 0 radical (unpaired) electrons. The number of carbonyl (C=O) groups is 2. The fourth-order valence-electron chi connectivity index (χ4n) is 2.19. The highest BCUT2D eigenvalue weighted by Gasteiger charge is 2.14. The van der Waals surface area contributed by atoms with Crippen molar-refractivity contribution in [1.29, 1.82) is 0 Å². The monoisotopic (exact) mass is 362 g/mol. The van der Waals surface area contributed by atoms with Crippen molar-refractivity contribution in [3.8, 4) is 0 Å². The predicted molar refractivity (Wildman–Crippen MR) is 96.8 cm³/mol. The highest BCUT2D eigenvalue weighted by Crippen LogP contribution is 2.20. The first kappa shape index (κ1) is 19.0. The van der Waals surface area contributed by atoms with Crippen molar-refractivity contribution < 1.29 is 14.3 Å². The Balaban J connectivity index is 1.89. The summed E-state index contributed by atoms with van der Waals surface area (Å²) in [5, 5.41) is 11.7. The van der Waals surface area contributed by atoms with Crippen LogP contribution in [-0.2, 0) is 16.6 Å². The normalized spacial score (nSPS) is 10.8. The molecule has 1 aromatic carbocycles. The summed E-state index contributed by atoms with van der Waals surface area (Å²) >= 11 is 1.33. The number of rotatable bonds is 7. The zero-order chi connectivity index (χ0) is 18.4. The third-order valence-electron chi connectivity index (χ3n) is 3.40. The highest BCUT2D eigenvalue weighted by molar-refractivity contribution is 7.99. The Bertz CT molecular complexity index is 741. The molecule has 0 aliphatic rings. The number of thioether (sulfide) groups is 1. The van der Waals surface area contributed by atoms with Crippen molar-refractivity contribution in [3.63, 3.8) is 0 Å². The van der Waals surface area contributed by atoms with E-state index in [1.54, 1.807) is 31.2 Å². The van der Waals surface area contributed by atoms with Crippen LogP contribution in [-0.4, -0.2) is 39.0 Å². The molecule has 8 heteroatoms.